The second-order valence-electron chi connectivity index (χ2n) is 8.58. The molecular weight excluding hydrogens is 350 g/mol. The largest absolute Gasteiger partial charge is 0.788 e. The third kappa shape index (κ3) is 22.1. The third-order valence-corrected chi connectivity index (χ3v) is 5.93. The lowest BCUT2D eigenvalue weighted by molar-refractivity contribution is 0.243. The number of unbranched alkanes of at least 4 members (excludes halogenated alkanes) is 14. The van der Waals surface area contributed by atoms with Crippen LogP contribution in [0.1, 0.15) is 128 Å². The monoisotopic (exact) mass is 400 g/mol. The van der Waals surface area contributed by atoms with Gasteiger partial charge < -0.3 is 20.9 Å². The number of aliphatic hydroxyl groups excluding tert-OH is 2. The average molecular weight is 401 g/mol. The van der Waals surface area contributed by atoms with Gasteiger partial charge in [0.25, 0.3) is 0 Å². The summed E-state index contributed by atoms with van der Waals surface area (Å²) in [4.78, 5) is 0. The van der Waals surface area contributed by atoms with Gasteiger partial charge in [0.05, 0.1) is 0 Å². The minimum absolute atomic E-state index is 0.303. The van der Waals surface area contributed by atoms with Crippen LogP contribution in [0.2, 0.25) is 0 Å². The molecular formula is C24H50NO3-. The first kappa shape index (κ1) is 27.8. The van der Waals surface area contributed by atoms with Crippen LogP contribution in [0.4, 0.5) is 0 Å². The van der Waals surface area contributed by atoms with E-state index in [0.29, 0.717) is 25.7 Å². The van der Waals surface area contributed by atoms with Crippen LogP contribution in [0.3, 0.4) is 0 Å². The van der Waals surface area contributed by atoms with Crippen LogP contribution in [0.5, 0.6) is 0 Å². The van der Waals surface area contributed by atoms with Gasteiger partial charge in [-0.2, -0.15) is 0 Å². The van der Waals surface area contributed by atoms with Crippen LogP contribution in [0.25, 0.3) is 0 Å². The van der Waals surface area contributed by atoms with Gasteiger partial charge in [-0.15, -0.1) is 0 Å². The van der Waals surface area contributed by atoms with E-state index in [0.717, 1.165) is 32.1 Å². The third-order valence-electron chi connectivity index (χ3n) is 5.93. The molecule has 0 saturated carbocycles. The normalized spacial score (nSPS) is 11.6. The maximum absolute atomic E-state index is 10.1. The Morgan fingerprint density at radius 2 is 0.786 bits per heavy atom. The fourth-order valence-electron chi connectivity index (χ4n) is 4.12. The number of nitrogens with one attached hydrogen (secondary N) is 1. The maximum Gasteiger partial charge on any atom is 0.0431 e. The molecule has 28 heavy (non-hydrogen) atoms. The van der Waals surface area contributed by atoms with Crippen molar-refractivity contribution in [3.8, 4) is 0 Å². The molecule has 4 heteroatoms. The van der Waals surface area contributed by atoms with Crippen LogP contribution in [0.15, 0.2) is 0 Å². The molecule has 4 nitrogen and oxygen atoms in total. The summed E-state index contributed by atoms with van der Waals surface area (Å²) in [7, 11) is 0. The van der Waals surface area contributed by atoms with E-state index in [1.165, 1.54) is 96.3 Å². The zero-order chi connectivity index (χ0) is 20.5. The molecule has 0 aliphatic carbocycles. The molecule has 0 aliphatic heterocycles. The second-order valence-corrected chi connectivity index (χ2v) is 8.58. The summed E-state index contributed by atoms with van der Waals surface area (Å²) in [6.45, 7) is 1.23. The number of aliphatic hydroxyl groups is 2. The molecule has 0 aromatic carbocycles. The summed E-state index contributed by atoms with van der Waals surface area (Å²) in [5.74, 6) is 0.703. The Bertz CT molecular complexity index is 269. The Morgan fingerprint density at radius 3 is 1.14 bits per heavy atom. The molecule has 0 spiro atoms. The van der Waals surface area contributed by atoms with E-state index in [1.54, 1.807) is 0 Å². The van der Waals surface area contributed by atoms with Gasteiger partial charge in [0.15, 0.2) is 0 Å². The van der Waals surface area contributed by atoms with E-state index in [2.05, 4.69) is 0 Å². The first-order chi connectivity index (χ1) is 13.8. The molecule has 0 heterocycles. The number of hydrogen-bond donors (Lipinski definition) is 3. The topological polar surface area (TPSA) is 75.5 Å². The van der Waals surface area contributed by atoms with Crippen molar-refractivity contribution in [3.63, 3.8) is 0 Å². The van der Waals surface area contributed by atoms with Crippen molar-refractivity contribution in [3.05, 3.63) is 5.21 Å². The van der Waals surface area contributed by atoms with Crippen molar-refractivity contribution in [1.29, 1.82) is 0 Å². The highest BCUT2D eigenvalue weighted by molar-refractivity contribution is 4.61. The highest BCUT2D eigenvalue weighted by Gasteiger charge is 2.07. The maximum atomic E-state index is 10.1. The molecule has 0 aromatic rings. The average Bonchev–Trinajstić information content (AvgIpc) is 2.71. The van der Waals surface area contributed by atoms with Gasteiger partial charge in [-0.25, -0.2) is 0 Å². The lowest BCUT2D eigenvalue weighted by Crippen LogP contribution is -2.04. The highest BCUT2D eigenvalue weighted by Crippen LogP contribution is 2.21. The van der Waals surface area contributed by atoms with Gasteiger partial charge in [0, 0.05) is 13.2 Å². The predicted octanol–water partition coefficient (Wildman–Crippen LogP) is 6.48. The Labute approximate surface area is 175 Å². The van der Waals surface area contributed by atoms with Crippen molar-refractivity contribution >= 4 is 0 Å². The second kappa shape index (κ2) is 24.9. The van der Waals surface area contributed by atoms with E-state index in [-0.39, 0.29) is 0 Å². The Balaban J connectivity index is 3.23. The van der Waals surface area contributed by atoms with Gasteiger partial charge >= 0.3 is 0 Å². The van der Waals surface area contributed by atoms with Gasteiger partial charge in [-0.1, -0.05) is 96.3 Å². The Hall–Kier alpha value is -0.160. The molecule has 0 bridgehead atoms. The van der Waals surface area contributed by atoms with Crippen molar-refractivity contribution in [2.75, 3.05) is 19.8 Å². The van der Waals surface area contributed by atoms with Gasteiger partial charge in [-0.3, -0.25) is 0 Å². The van der Waals surface area contributed by atoms with Crippen LogP contribution in [0, 0.1) is 11.1 Å². The number of rotatable bonds is 24. The van der Waals surface area contributed by atoms with E-state index >= 15 is 0 Å². The molecule has 0 aliphatic rings. The quantitative estimate of drug-likeness (QED) is 0.128. The minimum Gasteiger partial charge on any atom is -0.788 e. The van der Waals surface area contributed by atoms with Crippen molar-refractivity contribution in [2.45, 2.75) is 128 Å². The summed E-state index contributed by atoms with van der Waals surface area (Å²) < 4.78 is 0. The molecule has 170 valence electrons. The summed E-state index contributed by atoms with van der Waals surface area (Å²) in [5, 5.41) is 28.1. The molecule has 0 rings (SSSR count). The highest BCUT2D eigenvalue weighted by atomic mass is 16.5. The first-order valence-corrected chi connectivity index (χ1v) is 12.4. The molecule has 0 saturated heterocycles. The molecule has 0 amide bonds. The lowest BCUT2D eigenvalue weighted by atomic mass is 9.91. The molecule has 0 unspecified atom stereocenters. The lowest BCUT2D eigenvalue weighted by Gasteiger charge is -2.15. The van der Waals surface area contributed by atoms with E-state index < -0.39 is 0 Å². The summed E-state index contributed by atoms with van der Waals surface area (Å²) in [6, 6.07) is 0. The summed E-state index contributed by atoms with van der Waals surface area (Å²) >= 11 is 0. The van der Waals surface area contributed by atoms with Crippen LogP contribution >= 0.6 is 0 Å². The number of hydroxylamine groups is 1. The van der Waals surface area contributed by atoms with Crippen LogP contribution < -0.4 is 5.48 Å². The predicted molar refractivity (Wildman–Crippen MR) is 121 cm³/mol. The Morgan fingerprint density at radius 1 is 0.464 bits per heavy atom. The Kier molecular flexibility index (Phi) is 24.7. The summed E-state index contributed by atoms with van der Waals surface area (Å²) in [6.07, 6.45) is 25.3. The van der Waals surface area contributed by atoms with Crippen molar-refractivity contribution in [1.82, 2.24) is 5.48 Å². The summed E-state index contributed by atoms with van der Waals surface area (Å²) in [5.41, 5.74) is 1.97. The minimum atomic E-state index is 0.303. The molecule has 0 radical (unpaired) electrons. The van der Waals surface area contributed by atoms with E-state index in [1.807, 2.05) is 5.48 Å². The fraction of sp³-hybridized carbons (Fsp3) is 1.00. The SMILES string of the molecule is [O-]NCCCCCCCCCCCCCCCCCC(CCCO)CCCO. The zero-order valence-corrected chi connectivity index (χ0v) is 18.6. The first-order valence-electron chi connectivity index (χ1n) is 12.4. The fourth-order valence-corrected chi connectivity index (χ4v) is 4.12. The van der Waals surface area contributed by atoms with Gasteiger partial charge in [0.2, 0.25) is 0 Å². The van der Waals surface area contributed by atoms with E-state index in [4.69, 9.17) is 10.2 Å². The molecule has 0 atom stereocenters. The smallest absolute Gasteiger partial charge is 0.0431 e. The van der Waals surface area contributed by atoms with Gasteiger partial charge in [0.1, 0.15) is 0 Å². The number of hydrogen-bond acceptors (Lipinski definition) is 4. The van der Waals surface area contributed by atoms with Crippen molar-refractivity contribution in [2.24, 2.45) is 5.92 Å². The standard InChI is InChI=1S/C24H50NO3/c26-22-16-19-24(20-17-23-27)18-14-12-10-8-6-4-2-1-3-5-7-9-11-13-15-21-25-28/h24-27H,1-23H2/q-1. The molecule has 3 N–H and O–H groups in total. The van der Waals surface area contributed by atoms with Crippen molar-refractivity contribution < 1.29 is 10.2 Å². The molecule has 0 fully saturated rings. The molecule has 0 aromatic heterocycles. The van der Waals surface area contributed by atoms with Crippen LogP contribution in [-0.4, -0.2) is 30.0 Å². The van der Waals surface area contributed by atoms with E-state index in [9.17, 15) is 5.21 Å². The van der Waals surface area contributed by atoms with Gasteiger partial charge in [-0.05, 0) is 44.6 Å². The zero-order valence-electron chi connectivity index (χ0n) is 18.6. The van der Waals surface area contributed by atoms with Crippen LogP contribution in [-0.2, 0) is 0 Å².